The number of nitrogens with zero attached hydrogens (tertiary/aromatic N) is 4. The Balaban J connectivity index is 1.83. The molecule has 1 saturated carbocycles. The third-order valence-corrected chi connectivity index (χ3v) is 9.11. The zero-order chi connectivity index (χ0) is 27.8. The lowest BCUT2D eigenvalue weighted by atomic mass is 9.36. The summed E-state index contributed by atoms with van der Waals surface area (Å²) in [5, 5.41) is 13.6. The maximum Gasteiger partial charge on any atom is 0.260 e. The topological polar surface area (TPSA) is 117 Å². The van der Waals surface area contributed by atoms with Gasteiger partial charge in [-0.15, -0.1) is 0 Å². The van der Waals surface area contributed by atoms with Gasteiger partial charge >= 0.3 is 0 Å². The highest BCUT2D eigenvalue weighted by molar-refractivity contribution is 7.88. The van der Waals surface area contributed by atoms with Gasteiger partial charge in [0.2, 0.25) is 21.8 Å². The van der Waals surface area contributed by atoms with Crippen molar-refractivity contribution in [1.29, 1.82) is 0 Å². The van der Waals surface area contributed by atoms with Crippen molar-refractivity contribution in [1.82, 2.24) is 18.8 Å². The van der Waals surface area contributed by atoms with Crippen molar-refractivity contribution in [2.45, 2.75) is 60.1 Å². The molecule has 37 heavy (non-hydrogen) atoms. The molecule has 0 spiro atoms. The number of pyridine rings is 1. The number of aromatic nitrogens is 3. The molecule has 4 rings (SSSR count). The van der Waals surface area contributed by atoms with E-state index < -0.39 is 49.0 Å². The molecular formula is C20H32B5F2N5O4S. The number of sulfonamides is 1. The van der Waals surface area contributed by atoms with E-state index in [1.165, 1.54) is 21.3 Å². The monoisotopic (exact) mass is 531 g/mol. The molecule has 9 nitrogen and oxygen atoms in total. The first kappa shape index (κ1) is 28.2. The van der Waals surface area contributed by atoms with E-state index in [9.17, 15) is 27.1 Å². The number of anilines is 1. The highest BCUT2D eigenvalue weighted by atomic mass is 32.2. The summed E-state index contributed by atoms with van der Waals surface area (Å²) in [6, 6.07) is 0.169. The number of hydrogen-bond donors (Lipinski definition) is 2. The minimum atomic E-state index is -3.39. The molecule has 2 aliphatic rings. The average Bonchev–Trinajstić information content (AvgIpc) is 3.06. The van der Waals surface area contributed by atoms with Gasteiger partial charge < -0.3 is 10.4 Å². The predicted molar refractivity (Wildman–Crippen MR) is 153 cm³/mol. The van der Waals surface area contributed by atoms with E-state index in [4.69, 9.17) is 0 Å². The molecule has 0 aromatic carbocycles. The van der Waals surface area contributed by atoms with Crippen LogP contribution in [0.2, 0.25) is 10.4 Å². The van der Waals surface area contributed by atoms with Gasteiger partial charge in [0.15, 0.2) is 7.85 Å². The lowest BCUT2D eigenvalue weighted by Crippen LogP contribution is -2.60. The average molecular weight is 531 g/mol. The molecule has 1 aliphatic carbocycles. The molecule has 0 bridgehead atoms. The normalized spacial score (nSPS) is 26.9. The highest BCUT2D eigenvalue weighted by Crippen LogP contribution is 2.45. The molecule has 196 valence electrons. The summed E-state index contributed by atoms with van der Waals surface area (Å²) >= 11 is 0. The predicted octanol–water partition coefficient (Wildman–Crippen LogP) is -3.23. The maximum absolute atomic E-state index is 14.4. The zero-order valence-electron chi connectivity index (χ0n) is 22.5. The van der Waals surface area contributed by atoms with Crippen LogP contribution >= 0.6 is 0 Å². The number of rotatable bonds is 5. The molecule has 0 unspecified atom stereocenters. The molecule has 2 aromatic heterocycles. The first-order valence-corrected chi connectivity index (χ1v) is 14.3. The number of piperidine rings is 1. The van der Waals surface area contributed by atoms with Crippen molar-refractivity contribution in [3.05, 3.63) is 28.2 Å². The quantitative estimate of drug-likeness (QED) is 0.391. The summed E-state index contributed by atoms with van der Waals surface area (Å²) in [6.07, 6.45) is 4.15. The van der Waals surface area contributed by atoms with Crippen LogP contribution < -0.4 is 10.9 Å². The van der Waals surface area contributed by atoms with E-state index >= 15 is 0 Å². The fourth-order valence-corrected chi connectivity index (χ4v) is 7.43. The van der Waals surface area contributed by atoms with Crippen molar-refractivity contribution in [3.8, 4) is 0 Å². The van der Waals surface area contributed by atoms with Gasteiger partial charge in [0.25, 0.3) is 5.56 Å². The van der Waals surface area contributed by atoms with E-state index in [1.807, 2.05) is 31.4 Å². The molecule has 0 radical (unpaired) electrons. The number of fused-ring (bicyclic) bond motifs is 1. The van der Waals surface area contributed by atoms with Crippen LogP contribution in [0.5, 0.6) is 0 Å². The summed E-state index contributed by atoms with van der Waals surface area (Å²) in [5.41, 5.74) is -2.62. The molecule has 3 heterocycles. The van der Waals surface area contributed by atoms with Crippen LogP contribution in [-0.2, 0) is 15.8 Å². The number of alkyl halides is 2. The minimum absolute atomic E-state index is 0.173. The van der Waals surface area contributed by atoms with Crippen molar-refractivity contribution in [3.63, 3.8) is 0 Å². The van der Waals surface area contributed by atoms with Crippen LogP contribution in [0.4, 0.5) is 14.7 Å². The van der Waals surface area contributed by atoms with E-state index in [2.05, 4.69) is 15.3 Å². The van der Waals surface area contributed by atoms with Gasteiger partial charge in [-0.05, 0) is 32.3 Å². The Morgan fingerprint density at radius 2 is 1.81 bits per heavy atom. The molecule has 2 N–H and O–H groups in total. The Kier molecular flexibility index (Phi) is 6.73. The van der Waals surface area contributed by atoms with Crippen LogP contribution in [0.15, 0.2) is 17.1 Å². The summed E-state index contributed by atoms with van der Waals surface area (Å²) < 4.78 is 56.1. The number of hydrogen-bond acceptors (Lipinski definition) is 7. The van der Waals surface area contributed by atoms with Gasteiger partial charge in [0.05, 0.1) is 23.5 Å². The smallest absolute Gasteiger partial charge is 0.260 e. The van der Waals surface area contributed by atoms with Crippen LogP contribution in [0, 0.1) is 0 Å². The summed E-state index contributed by atoms with van der Waals surface area (Å²) in [7, 11) is 5.15. The van der Waals surface area contributed by atoms with E-state index in [-0.39, 0.29) is 23.0 Å². The van der Waals surface area contributed by atoms with Gasteiger partial charge in [-0.2, -0.15) is 4.98 Å². The lowest BCUT2D eigenvalue weighted by Gasteiger charge is -2.53. The van der Waals surface area contributed by atoms with Crippen molar-refractivity contribution in [2.75, 3.05) is 24.7 Å². The molecule has 2 fully saturated rings. The molecule has 0 amide bonds. The standard InChI is InChI=1S/C20H32B5F2N5O4S/c1-17(34)5-3-4-12(17)32-13-10(6-11(14(32)33)20(25,26)27)7-28-16(29-13)30-15-18(21,22)8-31(37(2,35)36)9-19(15,23)24/h6-7,12,15,34H,3-5,8-9,21-25H2,1-2H3,(H,28,29,30)/t12-,17-/m1/s1. The SMILES string of the molecule is BC(F)(F)c1cc2cnc(NC3C(B)(B)CN(S(C)(=O)=O)CC3(B)B)nc2n([C@@H]2CCC[C@@]2(C)O)c1=O. The molecule has 2 aromatic rings. The Morgan fingerprint density at radius 3 is 2.30 bits per heavy atom. The summed E-state index contributed by atoms with van der Waals surface area (Å²) in [4.78, 5) is 22.4. The van der Waals surface area contributed by atoms with Crippen LogP contribution in [0.3, 0.4) is 0 Å². The fraction of sp³-hybridized carbons (Fsp3) is 0.650. The van der Waals surface area contributed by atoms with E-state index in [0.717, 1.165) is 6.07 Å². The van der Waals surface area contributed by atoms with Crippen LogP contribution in [-0.4, -0.2) is 103 Å². The van der Waals surface area contributed by atoms with Crippen molar-refractivity contribution in [2.24, 2.45) is 0 Å². The Bertz CT molecular complexity index is 1380. The first-order valence-electron chi connectivity index (χ1n) is 12.5. The molecule has 17 heteroatoms. The largest absolute Gasteiger partial charge is 0.388 e. The van der Waals surface area contributed by atoms with Gasteiger partial charge in [0.1, 0.15) is 37.0 Å². The van der Waals surface area contributed by atoms with E-state index in [1.54, 1.807) is 6.92 Å². The lowest BCUT2D eigenvalue weighted by molar-refractivity contribution is 0.0256. The van der Waals surface area contributed by atoms with Gasteiger partial charge in [-0.1, -0.05) is 10.4 Å². The zero-order valence-corrected chi connectivity index (χ0v) is 23.3. The van der Waals surface area contributed by atoms with E-state index in [0.29, 0.717) is 40.2 Å². The Morgan fingerprint density at radius 1 is 1.22 bits per heavy atom. The second-order valence-corrected chi connectivity index (χ2v) is 14.4. The third-order valence-electron chi connectivity index (χ3n) is 7.91. The van der Waals surface area contributed by atoms with Crippen LogP contribution in [0.1, 0.15) is 37.8 Å². The minimum Gasteiger partial charge on any atom is -0.388 e. The third kappa shape index (κ3) is 5.23. The number of nitrogens with one attached hydrogen (secondary N) is 1. The molecule has 1 aliphatic heterocycles. The number of halogens is 2. The Hall–Kier alpha value is -1.86. The second-order valence-electron chi connectivity index (χ2n) is 12.4. The fourth-order valence-electron chi connectivity index (χ4n) is 6.29. The maximum atomic E-state index is 14.4. The van der Waals surface area contributed by atoms with Crippen molar-refractivity contribution >= 4 is 66.2 Å². The van der Waals surface area contributed by atoms with Crippen molar-refractivity contribution < 1.29 is 22.3 Å². The Labute approximate surface area is 220 Å². The summed E-state index contributed by atoms with van der Waals surface area (Å²) in [5.74, 6) is -3.18. The number of aliphatic hydroxyl groups is 1. The van der Waals surface area contributed by atoms with Crippen LogP contribution in [0.25, 0.3) is 11.0 Å². The highest BCUT2D eigenvalue weighted by Gasteiger charge is 2.49. The molecule has 1 saturated heterocycles. The second kappa shape index (κ2) is 8.84. The van der Waals surface area contributed by atoms with Gasteiger partial charge in [-0.3, -0.25) is 9.36 Å². The molecule has 2 atom stereocenters. The molecular weight excluding hydrogens is 498 g/mol. The van der Waals surface area contributed by atoms with Gasteiger partial charge in [-0.25, -0.2) is 26.5 Å². The van der Waals surface area contributed by atoms with Gasteiger partial charge in [0, 0.05) is 30.7 Å². The summed E-state index contributed by atoms with van der Waals surface area (Å²) in [6.45, 7) is 2.21. The first-order chi connectivity index (χ1) is 16.7.